The van der Waals surface area contributed by atoms with E-state index >= 15 is 4.39 Å². The fourth-order valence-electron chi connectivity index (χ4n) is 4.08. The summed E-state index contributed by atoms with van der Waals surface area (Å²) in [6.07, 6.45) is 3.50. The van der Waals surface area contributed by atoms with Crippen molar-refractivity contribution in [1.82, 2.24) is 10.3 Å². The number of alkyl halides is 1. The van der Waals surface area contributed by atoms with E-state index < -0.39 is 27.7 Å². The highest BCUT2D eigenvalue weighted by molar-refractivity contribution is 6.27. The molecule has 1 saturated heterocycles. The number of pyridine rings is 1. The first-order chi connectivity index (χ1) is 12.9. The van der Waals surface area contributed by atoms with E-state index in [1.165, 1.54) is 6.20 Å². The minimum atomic E-state index is -1.34. The zero-order valence-corrected chi connectivity index (χ0v) is 16.9. The number of fused-ring (bicyclic) bond motifs is 1. The number of hydrogen-bond acceptors (Lipinski definition) is 4. The van der Waals surface area contributed by atoms with Gasteiger partial charge in [0.15, 0.2) is 0 Å². The maximum absolute atomic E-state index is 15.2. The summed E-state index contributed by atoms with van der Waals surface area (Å²) in [6, 6.07) is 1.15. The first kappa shape index (κ1) is 20.9. The SMILES string of the molecule is CNCC1CCN(c2c(F)cc3c(=O)c(C(=O)O)c[nH]c3c2C2(Cl)CC2)C1.Cl. The van der Waals surface area contributed by atoms with Gasteiger partial charge in [-0.15, -0.1) is 24.0 Å². The number of nitrogens with one attached hydrogen (secondary N) is 2. The second kappa shape index (κ2) is 7.54. The lowest BCUT2D eigenvalue weighted by molar-refractivity contribution is 0.0695. The lowest BCUT2D eigenvalue weighted by Gasteiger charge is -2.26. The summed E-state index contributed by atoms with van der Waals surface area (Å²) >= 11 is 6.71. The zero-order valence-electron chi connectivity index (χ0n) is 15.3. The second-order valence-electron chi connectivity index (χ2n) is 7.46. The van der Waals surface area contributed by atoms with Crippen LogP contribution in [0.15, 0.2) is 17.1 Å². The van der Waals surface area contributed by atoms with E-state index in [4.69, 9.17) is 11.6 Å². The number of carbonyl (C=O) groups is 1. The molecule has 2 aromatic rings. The summed E-state index contributed by atoms with van der Waals surface area (Å²) in [4.78, 5) is 28.0. The number of carboxylic acids is 1. The van der Waals surface area contributed by atoms with Crippen molar-refractivity contribution in [1.29, 1.82) is 0 Å². The topological polar surface area (TPSA) is 85.4 Å². The molecule has 28 heavy (non-hydrogen) atoms. The zero-order chi connectivity index (χ0) is 19.3. The summed E-state index contributed by atoms with van der Waals surface area (Å²) in [7, 11) is 1.90. The van der Waals surface area contributed by atoms with Crippen molar-refractivity contribution in [2.24, 2.45) is 5.92 Å². The first-order valence-corrected chi connectivity index (χ1v) is 9.43. The van der Waals surface area contributed by atoms with Crippen LogP contribution in [-0.4, -0.2) is 42.7 Å². The molecule has 0 amide bonds. The van der Waals surface area contributed by atoms with Crippen LogP contribution >= 0.6 is 24.0 Å². The molecule has 1 aliphatic heterocycles. The Balaban J connectivity index is 0.00000225. The molecule has 1 aliphatic carbocycles. The van der Waals surface area contributed by atoms with Gasteiger partial charge in [-0.1, -0.05) is 0 Å². The van der Waals surface area contributed by atoms with Gasteiger partial charge < -0.3 is 20.3 Å². The molecule has 0 radical (unpaired) electrons. The van der Waals surface area contributed by atoms with Gasteiger partial charge in [0, 0.05) is 30.2 Å². The van der Waals surface area contributed by atoms with Crippen LogP contribution in [0.4, 0.5) is 10.1 Å². The lowest BCUT2D eigenvalue weighted by atomic mass is 10.00. The fourth-order valence-corrected chi connectivity index (χ4v) is 4.36. The molecule has 1 atom stereocenters. The van der Waals surface area contributed by atoms with Crippen LogP contribution in [0.3, 0.4) is 0 Å². The van der Waals surface area contributed by atoms with Crippen LogP contribution in [0.25, 0.3) is 10.9 Å². The third-order valence-electron chi connectivity index (χ3n) is 5.57. The van der Waals surface area contributed by atoms with E-state index in [9.17, 15) is 14.7 Å². The highest BCUT2D eigenvalue weighted by Crippen LogP contribution is 2.57. The third-order valence-corrected chi connectivity index (χ3v) is 6.13. The molecule has 0 spiro atoms. The fraction of sp³-hybridized carbons (Fsp3) is 0.474. The standard InChI is InChI=1S/C19H21ClFN3O3.ClH/c1-22-7-10-2-5-24(9-10)16-13(21)6-11-15(14(16)19(20)3-4-19)23-8-12(17(11)25)18(26)27;/h6,8,10,22H,2-5,7,9H2,1H3,(H,23,25)(H,26,27);1H. The van der Waals surface area contributed by atoms with E-state index in [1.54, 1.807) is 0 Å². The maximum Gasteiger partial charge on any atom is 0.341 e. The Morgan fingerprint density at radius 2 is 2.21 bits per heavy atom. The molecule has 1 aromatic carbocycles. The van der Waals surface area contributed by atoms with Gasteiger partial charge in [-0.3, -0.25) is 4.79 Å². The van der Waals surface area contributed by atoms with E-state index in [0.717, 1.165) is 19.0 Å². The Morgan fingerprint density at radius 3 is 2.82 bits per heavy atom. The molecule has 3 N–H and O–H groups in total. The van der Waals surface area contributed by atoms with E-state index in [0.29, 0.717) is 48.6 Å². The number of carboxylic acid groups (broad SMARTS) is 1. The smallest absolute Gasteiger partial charge is 0.341 e. The minimum Gasteiger partial charge on any atom is -0.477 e. The highest BCUT2D eigenvalue weighted by Gasteiger charge is 2.47. The number of aromatic amines is 1. The minimum absolute atomic E-state index is 0. The van der Waals surface area contributed by atoms with Gasteiger partial charge in [-0.05, 0) is 44.8 Å². The van der Waals surface area contributed by atoms with Gasteiger partial charge in [0.2, 0.25) is 5.43 Å². The van der Waals surface area contributed by atoms with Crippen LogP contribution in [0, 0.1) is 11.7 Å². The summed E-state index contributed by atoms with van der Waals surface area (Å²) in [5, 5.41) is 12.4. The molecule has 1 saturated carbocycles. The van der Waals surface area contributed by atoms with Gasteiger partial charge in [0.25, 0.3) is 0 Å². The summed E-state index contributed by atoms with van der Waals surface area (Å²) in [6.45, 7) is 2.28. The molecular weight excluding hydrogens is 408 g/mol. The predicted octanol–water partition coefficient (Wildman–Crippen LogP) is 3.06. The number of rotatable bonds is 5. The van der Waals surface area contributed by atoms with Crippen LogP contribution in [-0.2, 0) is 4.87 Å². The van der Waals surface area contributed by atoms with Crippen LogP contribution in [0.1, 0.15) is 35.2 Å². The number of anilines is 1. The quantitative estimate of drug-likeness (QED) is 0.635. The van der Waals surface area contributed by atoms with Crippen LogP contribution in [0.2, 0.25) is 0 Å². The van der Waals surface area contributed by atoms with Gasteiger partial charge in [0.1, 0.15) is 11.4 Å². The molecule has 1 aromatic heterocycles. The molecule has 9 heteroatoms. The van der Waals surface area contributed by atoms with Crippen molar-refractivity contribution >= 4 is 46.6 Å². The first-order valence-electron chi connectivity index (χ1n) is 9.06. The average molecular weight is 430 g/mol. The highest BCUT2D eigenvalue weighted by atomic mass is 35.5. The second-order valence-corrected chi connectivity index (χ2v) is 8.19. The Morgan fingerprint density at radius 1 is 1.50 bits per heavy atom. The summed E-state index contributed by atoms with van der Waals surface area (Å²) < 4.78 is 15.2. The largest absolute Gasteiger partial charge is 0.477 e. The molecule has 6 nitrogen and oxygen atoms in total. The number of hydrogen-bond donors (Lipinski definition) is 3. The van der Waals surface area contributed by atoms with Gasteiger partial charge in [-0.25, -0.2) is 9.18 Å². The lowest BCUT2D eigenvalue weighted by Crippen LogP contribution is -2.27. The van der Waals surface area contributed by atoms with Crippen LogP contribution in [0.5, 0.6) is 0 Å². The average Bonchev–Trinajstić information content (AvgIpc) is 3.19. The normalized spacial score (nSPS) is 20.2. The molecule has 2 aliphatic rings. The molecule has 152 valence electrons. The summed E-state index contributed by atoms with van der Waals surface area (Å²) in [5.41, 5.74) is 0.352. The number of benzene rings is 1. The number of nitrogens with zero attached hydrogens (tertiary/aromatic N) is 1. The Hall–Kier alpha value is -1.83. The van der Waals surface area contributed by atoms with Crippen molar-refractivity contribution in [2.45, 2.75) is 24.1 Å². The van der Waals surface area contributed by atoms with Crippen molar-refractivity contribution in [2.75, 3.05) is 31.6 Å². The molecular formula is C19H22Cl2FN3O3. The monoisotopic (exact) mass is 429 g/mol. The Kier molecular flexibility index (Phi) is 5.62. The Labute approximate surface area is 172 Å². The molecule has 1 unspecified atom stereocenters. The number of aromatic carboxylic acids is 1. The van der Waals surface area contributed by atoms with Crippen LogP contribution < -0.4 is 15.6 Å². The third kappa shape index (κ3) is 3.36. The maximum atomic E-state index is 15.2. The van der Waals surface area contributed by atoms with E-state index in [2.05, 4.69) is 10.3 Å². The number of aromatic nitrogens is 1. The molecule has 2 fully saturated rings. The van der Waals surface area contributed by atoms with Crippen molar-refractivity contribution in [3.8, 4) is 0 Å². The van der Waals surface area contributed by atoms with Gasteiger partial charge >= 0.3 is 5.97 Å². The van der Waals surface area contributed by atoms with Gasteiger partial charge in [0.05, 0.1) is 16.1 Å². The van der Waals surface area contributed by atoms with E-state index in [1.807, 2.05) is 11.9 Å². The Bertz CT molecular complexity index is 991. The van der Waals surface area contributed by atoms with Gasteiger partial charge in [-0.2, -0.15) is 0 Å². The van der Waals surface area contributed by atoms with Crippen molar-refractivity contribution in [3.05, 3.63) is 39.4 Å². The van der Waals surface area contributed by atoms with Crippen molar-refractivity contribution < 1.29 is 14.3 Å². The number of halogens is 3. The van der Waals surface area contributed by atoms with Crippen molar-refractivity contribution in [3.63, 3.8) is 0 Å². The molecule has 4 rings (SSSR count). The molecule has 2 heterocycles. The van der Waals surface area contributed by atoms with E-state index in [-0.39, 0.29) is 17.8 Å². The molecule has 0 bridgehead atoms. The summed E-state index contributed by atoms with van der Waals surface area (Å²) in [5.74, 6) is -1.45. The predicted molar refractivity (Wildman–Crippen MR) is 110 cm³/mol. The number of H-pyrrole nitrogens is 1.